The fraction of sp³-hybridized carbons (Fsp3) is 0.222. The summed E-state index contributed by atoms with van der Waals surface area (Å²) in [5.74, 6) is 0. The van der Waals surface area contributed by atoms with Crippen molar-refractivity contribution in [2.45, 2.75) is 6.18 Å². The summed E-state index contributed by atoms with van der Waals surface area (Å²) in [6, 6.07) is 6.14. The highest BCUT2D eigenvalue weighted by atomic mass is 32.1. The van der Waals surface area contributed by atoms with Crippen LogP contribution in [0.3, 0.4) is 0 Å². The minimum absolute atomic E-state index is 0.220. The Morgan fingerprint density at radius 1 is 1.27 bits per heavy atom. The van der Waals surface area contributed by atoms with E-state index in [1.807, 2.05) is 0 Å². The van der Waals surface area contributed by atoms with Gasteiger partial charge in [-0.05, 0) is 24.3 Å². The molecule has 0 aromatic heterocycles. The normalized spacial score (nSPS) is 11.1. The Bertz CT molecular complexity index is 345. The van der Waals surface area contributed by atoms with E-state index in [-0.39, 0.29) is 4.99 Å². The van der Waals surface area contributed by atoms with Crippen molar-refractivity contribution >= 4 is 22.9 Å². The minimum atomic E-state index is -4.22. The standard InChI is InChI=1S/C9H9F3N2S/c10-9(11,12)5-14-7-3-1-6(2-4-7)8(13)15/h1-4,14H,5H2,(H2,13,15). The third kappa shape index (κ3) is 4.16. The molecule has 0 saturated carbocycles. The van der Waals surface area contributed by atoms with Gasteiger partial charge in [0, 0.05) is 11.3 Å². The molecule has 0 unspecified atom stereocenters. The lowest BCUT2D eigenvalue weighted by Crippen LogP contribution is -2.21. The van der Waals surface area contributed by atoms with Gasteiger partial charge >= 0.3 is 6.18 Å². The molecule has 3 N–H and O–H groups in total. The van der Waals surface area contributed by atoms with Gasteiger partial charge in [0.15, 0.2) is 0 Å². The fourth-order valence-electron chi connectivity index (χ4n) is 0.955. The van der Waals surface area contributed by atoms with E-state index in [9.17, 15) is 13.2 Å². The maximum absolute atomic E-state index is 11.8. The molecule has 0 atom stereocenters. The van der Waals surface area contributed by atoms with E-state index < -0.39 is 12.7 Å². The molecule has 0 aliphatic carbocycles. The zero-order chi connectivity index (χ0) is 11.5. The van der Waals surface area contributed by atoms with Gasteiger partial charge in [0.2, 0.25) is 0 Å². The van der Waals surface area contributed by atoms with Crippen molar-refractivity contribution in [1.29, 1.82) is 0 Å². The summed E-state index contributed by atoms with van der Waals surface area (Å²) in [6.07, 6.45) is -4.22. The van der Waals surface area contributed by atoms with Gasteiger partial charge < -0.3 is 11.1 Å². The second-order valence-electron chi connectivity index (χ2n) is 2.91. The van der Waals surface area contributed by atoms with Crippen molar-refractivity contribution in [2.75, 3.05) is 11.9 Å². The minimum Gasteiger partial charge on any atom is -0.389 e. The van der Waals surface area contributed by atoms with Crippen LogP contribution in [-0.2, 0) is 0 Å². The van der Waals surface area contributed by atoms with Gasteiger partial charge in [-0.2, -0.15) is 13.2 Å². The molecule has 0 spiro atoms. The van der Waals surface area contributed by atoms with Gasteiger partial charge in [-0.1, -0.05) is 12.2 Å². The molecule has 0 saturated heterocycles. The summed E-state index contributed by atoms with van der Waals surface area (Å²) < 4.78 is 35.5. The van der Waals surface area contributed by atoms with Crippen LogP contribution in [0.1, 0.15) is 5.56 Å². The Balaban J connectivity index is 2.61. The Morgan fingerprint density at radius 3 is 2.20 bits per heavy atom. The molecular weight excluding hydrogens is 225 g/mol. The highest BCUT2D eigenvalue weighted by Gasteiger charge is 2.26. The van der Waals surface area contributed by atoms with Gasteiger partial charge in [-0.15, -0.1) is 0 Å². The molecule has 2 nitrogen and oxygen atoms in total. The molecule has 1 rings (SSSR count). The Hall–Kier alpha value is -1.30. The van der Waals surface area contributed by atoms with Crippen LogP contribution in [0, 0.1) is 0 Å². The van der Waals surface area contributed by atoms with Crippen molar-refractivity contribution in [3.8, 4) is 0 Å². The van der Waals surface area contributed by atoms with Gasteiger partial charge in [0.25, 0.3) is 0 Å². The number of benzene rings is 1. The fourth-order valence-corrected chi connectivity index (χ4v) is 1.09. The van der Waals surface area contributed by atoms with Gasteiger partial charge in [-0.25, -0.2) is 0 Å². The summed E-state index contributed by atoms with van der Waals surface area (Å²) in [7, 11) is 0. The average molecular weight is 234 g/mol. The van der Waals surface area contributed by atoms with Crippen LogP contribution in [-0.4, -0.2) is 17.7 Å². The lowest BCUT2D eigenvalue weighted by atomic mass is 10.2. The monoisotopic (exact) mass is 234 g/mol. The zero-order valence-corrected chi connectivity index (χ0v) is 8.45. The predicted molar refractivity (Wildman–Crippen MR) is 56.9 cm³/mol. The number of hydrogen-bond acceptors (Lipinski definition) is 2. The first kappa shape index (κ1) is 11.8. The van der Waals surface area contributed by atoms with Crippen LogP contribution in [0.5, 0.6) is 0 Å². The summed E-state index contributed by atoms with van der Waals surface area (Å²) >= 11 is 4.71. The van der Waals surface area contributed by atoms with Crippen LogP contribution >= 0.6 is 12.2 Å². The first-order valence-electron chi connectivity index (χ1n) is 4.09. The molecule has 1 aromatic rings. The lowest BCUT2D eigenvalue weighted by molar-refractivity contribution is -0.115. The van der Waals surface area contributed by atoms with E-state index in [0.717, 1.165) is 0 Å². The van der Waals surface area contributed by atoms with Crippen molar-refractivity contribution < 1.29 is 13.2 Å². The quantitative estimate of drug-likeness (QED) is 0.788. The van der Waals surface area contributed by atoms with E-state index >= 15 is 0 Å². The number of thiocarbonyl (C=S) groups is 1. The van der Waals surface area contributed by atoms with Crippen LogP contribution in [0.15, 0.2) is 24.3 Å². The van der Waals surface area contributed by atoms with Crippen molar-refractivity contribution in [3.63, 3.8) is 0 Å². The smallest absolute Gasteiger partial charge is 0.389 e. The summed E-state index contributed by atoms with van der Waals surface area (Å²) in [4.78, 5) is 0.220. The average Bonchev–Trinajstić information content (AvgIpc) is 2.14. The predicted octanol–water partition coefficient (Wildman–Crippen LogP) is 2.30. The number of nitrogens with one attached hydrogen (secondary N) is 1. The molecule has 0 heterocycles. The molecule has 0 aliphatic rings. The number of hydrogen-bond donors (Lipinski definition) is 2. The third-order valence-corrected chi connectivity index (χ3v) is 1.90. The molecule has 0 radical (unpaired) electrons. The van der Waals surface area contributed by atoms with E-state index in [2.05, 4.69) is 5.32 Å². The molecule has 1 aromatic carbocycles. The molecule has 15 heavy (non-hydrogen) atoms. The highest BCUT2D eigenvalue weighted by molar-refractivity contribution is 7.80. The second kappa shape index (κ2) is 4.48. The Labute approximate surface area is 90.3 Å². The van der Waals surface area contributed by atoms with Crippen LogP contribution < -0.4 is 11.1 Å². The molecule has 0 aliphatic heterocycles. The van der Waals surface area contributed by atoms with E-state index in [4.69, 9.17) is 18.0 Å². The van der Waals surface area contributed by atoms with Gasteiger partial charge in [0.1, 0.15) is 11.5 Å². The first-order valence-corrected chi connectivity index (χ1v) is 4.50. The van der Waals surface area contributed by atoms with Crippen molar-refractivity contribution in [1.82, 2.24) is 0 Å². The third-order valence-electron chi connectivity index (χ3n) is 1.66. The highest BCUT2D eigenvalue weighted by Crippen LogP contribution is 2.16. The summed E-state index contributed by atoms with van der Waals surface area (Å²) in [6.45, 7) is -1.06. The maximum atomic E-state index is 11.8. The molecule has 0 bridgehead atoms. The Kier molecular flexibility index (Phi) is 3.52. The summed E-state index contributed by atoms with van der Waals surface area (Å²) in [5, 5.41) is 2.24. The number of rotatable bonds is 3. The number of anilines is 1. The van der Waals surface area contributed by atoms with E-state index in [1.165, 1.54) is 12.1 Å². The molecular formula is C9H9F3N2S. The number of alkyl halides is 3. The topological polar surface area (TPSA) is 38.0 Å². The molecule has 0 fully saturated rings. The lowest BCUT2D eigenvalue weighted by Gasteiger charge is -2.09. The number of halogens is 3. The van der Waals surface area contributed by atoms with Gasteiger partial charge in [-0.3, -0.25) is 0 Å². The summed E-state index contributed by atoms with van der Waals surface area (Å²) in [5.41, 5.74) is 6.35. The Morgan fingerprint density at radius 2 is 1.80 bits per heavy atom. The molecule has 82 valence electrons. The van der Waals surface area contributed by atoms with E-state index in [1.54, 1.807) is 12.1 Å². The largest absolute Gasteiger partial charge is 0.405 e. The van der Waals surface area contributed by atoms with E-state index in [0.29, 0.717) is 11.3 Å². The van der Waals surface area contributed by atoms with Crippen molar-refractivity contribution in [2.24, 2.45) is 5.73 Å². The first-order chi connectivity index (χ1) is 6.88. The second-order valence-corrected chi connectivity index (χ2v) is 3.35. The van der Waals surface area contributed by atoms with Gasteiger partial charge in [0.05, 0.1) is 0 Å². The molecule has 0 amide bonds. The zero-order valence-electron chi connectivity index (χ0n) is 7.64. The molecule has 6 heteroatoms. The maximum Gasteiger partial charge on any atom is 0.405 e. The SMILES string of the molecule is NC(=S)c1ccc(NCC(F)(F)F)cc1. The van der Waals surface area contributed by atoms with Crippen molar-refractivity contribution in [3.05, 3.63) is 29.8 Å². The number of nitrogens with two attached hydrogens (primary N) is 1. The van der Waals surface area contributed by atoms with Crippen LogP contribution in [0.25, 0.3) is 0 Å². The van der Waals surface area contributed by atoms with Crippen LogP contribution in [0.2, 0.25) is 0 Å². The van der Waals surface area contributed by atoms with Crippen LogP contribution in [0.4, 0.5) is 18.9 Å².